The summed E-state index contributed by atoms with van der Waals surface area (Å²) >= 11 is 6.24. The van der Waals surface area contributed by atoms with Crippen molar-refractivity contribution < 1.29 is 22.7 Å². The molecule has 0 saturated heterocycles. The molecule has 2 unspecified atom stereocenters. The molecule has 8 nitrogen and oxygen atoms in total. The minimum atomic E-state index is -4.21. The van der Waals surface area contributed by atoms with Gasteiger partial charge in [-0.15, -0.1) is 0 Å². The van der Waals surface area contributed by atoms with Gasteiger partial charge >= 0.3 is 0 Å². The maximum absolute atomic E-state index is 14.1. The molecule has 0 bridgehead atoms. The maximum atomic E-state index is 14.1. The molecule has 0 aliphatic heterocycles. The summed E-state index contributed by atoms with van der Waals surface area (Å²) in [4.78, 5) is 28.9. The molecule has 3 aromatic rings. The number of amides is 2. The average Bonchev–Trinajstić information content (AvgIpc) is 2.95. The number of ether oxygens (including phenoxy) is 1. The normalized spacial score (nSPS) is 12.7. The Hall–Kier alpha value is -3.56. The van der Waals surface area contributed by atoms with Crippen LogP contribution in [-0.4, -0.2) is 50.9 Å². The standard InChI is InChI=1S/C31H38ClN3O5S/c1-6-23(4)33-31(37)29(7-2)34(20-24-11-8-10-22(3)18-24)30(36)21-35(26-13-9-12-25(32)19-26)41(38,39)28-16-14-27(40-5)15-17-28/h8-19,23,29H,6-7,20-21H2,1-5H3,(H,33,37). The van der Waals surface area contributed by atoms with E-state index in [0.717, 1.165) is 21.9 Å². The molecule has 0 aromatic heterocycles. The third-order valence-electron chi connectivity index (χ3n) is 6.84. The fourth-order valence-electron chi connectivity index (χ4n) is 4.40. The van der Waals surface area contributed by atoms with E-state index in [1.165, 1.54) is 30.2 Å². The smallest absolute Gasteiger partial charge is 0.264 e. The molecule has 3 aromatic carbocycles. The first kappa shape index (κ1) is 32.0. The molecule has 1 N–H and O–H groups in total. The van der Waals surface area contributed by atoms with Crippen molar-refractivity contribution in [3.63, 3.8) is 0 Å². The van der Waals surface area contributed by atoms with Crippen LogP contribution in [0.15, 0.2) is 77.7 Å². The third-order valence-corrected chi connectivity index (χ3v) is 8.87. The summed E-state index contributed by atoms with van der Waals surface area (Å²) in [6, 6.07) is 19.0. The first-order chi connectivity index (χ1) is 19.5. The van der Waals surface area contributed by atoms with E-state index >= 15 is 0 Å². The number of rotatable bonds is 13. The number of carbonyl (C=O) groups excluding carboxylic acids is 2. The van der Waals surface area contributed by atoms with Gasteiger partial charge in [-0.2, -0.15) is 0 Å². The van der Waals surface area contributed by atoms with Crippen molar-refractivity contribution in [2.24, 2.45) is 0 Å². The molecule has 3 rings (SSSR count). The lowest BCUT2D eigenvalue weighted by Gasteiger charge is -2.33. The van der Waals surface area contributed by atoms with Gasteiger partial charge in [-0.1, -0.05) is 61.3 Å². The lowest BCUT2D eigenvalue weighted by Crippen LogP contribution is -2.53. The second-order valence-corrected chi connectivity index (χ2v) is 12.2. The van der Waals surface area contributed by atoms with Gasteiger partial charge in [-0.05, 0) is 74.7 Å². The number of hydrogen-bond donors (Lipinski definition) is 1. The lowest BCUT2D eigenvalue weighted by molar-refractivity contribution is -0.140. The minimum Gasteiger partial charge on any atom is -0.497 e. The molecule has 220 valence electrons. The minimum absolute atomic E-state index is 0.0159. The van der Waals surface area contributed by atoms with Crippen molar-refractivity contribution in [1.29, 1.82) is 0 Å². The Bertz CT molecular complexity index is 1450. The summed E-state index contributed by atoms with van der Waals surface area (Å²) in [7, 11) is -2.72. The van der Waals surface area contributed by atoms with Crippen molar-refractivity contribution in [3.8, 4) is 5.75 Å². The number of benzene rings is 3. The number of anilines is 1. The molecule has 2 atom stereocenters. The molecular weight excluding hydrogens is 562 g/mol. The molecular formula is C31H38ClN3O5S. The number of methoxy groups -OCH3 is 1. The van der Waals surface area contributed by atoms with Crippen LogP contribution in [0.3, 0.4) is 0 Å². The van der Waals surface area contributed by atoms with Gasteiger partial charge in [0.25, 0.3) is 10.0 Å². The van der Waals surface area contributed by atoms with Crippen LogP contribution in [0.1, 0.15) is 44.7 Å². The fraction of sp³-hybridized carbons (Fsp3) is 0.355. The van der Waals surface area contributed by atoms with E-state index in [1.807, 2.05) is 52.0 Å². The largest absolute Gasteiger partial charge is 0.497 e. The third kappa shape index (κ3) is 8.24. The van der Waals surface area contributed by atoms with E-state index in [4.69, 9.17) is 16.3 Å². The molecule has 0 fully saturated rings. The number of halogens is 1. The number of hydrogen-bond acceptors (Lipinski definition) is 5. The Balaban J connectivity index is 2.06. The number of nitrogens with one attached hydrogen (secondary N) is 1. The van der Waals surface area contributed by atoms with Crippen molar-refractivity contribution in [1.82, 2.24) is 10.2 Å². The lowest BCUT2D eigenvalue weighted by atomic mass is 10.1. The van der Waals surface area contributed by atoms with Gasteiger partial charge in [0.05, 0.1) is 17.7 Å². The summed E-state index contributed by atoms with van der Waals surface area (Å²) in [5.74, 6) is -0.304. The summed E-state index contributed by atoms with van der Waals surface area (Å²) in [6.07, 6.45) is 1.08. The van der Waals surface area contributed by atoms with Gasteiger partial charge in [0.15, 0.2) is 0 Å². The van der Waals surface area contributed by atoms with Crippen molar-refractivity contribution in [2.45, 2.75) is 64.1 Å². The summed E-state index contributed by atoms with van der Waals surface area (Å²) in [5.41, 5.74) is 2.07. The van der Waals surface area contributed by atoms with E-state index < -0.39 is 28.5 Å². The van der Waals surface area contributed by atoms with Gasteiger partial charge in [0, 0.05) is 17.6 Å². The summed E-state index contributed by atoms with van der Waals surface area (Å²) in [6.45, 7) is 7.26. The van der Waals surface area contributed by atoms with Crippen molar-refractivity contribution in [2.75, 3.05) is 18.0 Å². The highest BCUT2D eigenvalue weighted by Gasteiger charge is 2.34. The number of carbonyl (C=O) groups is 2. The maximum Gasteiger partial charge on any atom is 0.264 e. The van der Waals surface area contributed by atoms with Crippen LogP contribution in [0.5, 0.6) is 5.75 Å². The van der Waals surface area contributed by atoms with E-state index in [2.05, 4.69) is 5.32 Å². The van der Waals surface area contributed by atoms with E-state index in [1.54, 1.807) is 30.3 Å². The Morgan fingerprint density at radius 3 is 2.24 bits per heavy atom. The Kier molecular flexibility index (Phi) is 11.2. The highest BCUT2D eigenvalue weighted by Crippen LogP contribution is 2.28. The van der Waals surface area contributed by atoms with E-state index in [0.29, 0.717) is 17.2 Å². The van der Waals surface area contributed by atoms with E-state index in [9.17, 15) is 18.0 Å². The highest BCUT2D eigenvalue weighted by atomic mass is 35.5. The van der Waals surface area contributed by atoms with Gasteiger partial charge in [-0.25, -0.2) is 8.42 Å². The molecule has 0 aliphatic rings. The fourth-order valence-corrected chi connectivity index (χ4v) is 5.99. The topological polar surface area (TPSA) is 96.0 Å². The Morgan fingerprint density at radius 1 is 0.976 bits per heavy atom. The van der Waals surface area contributed by atoms with Crippen LogP contribution in [-0.2, 0) is 26.2 Å². The molecule has 0 radical (unpaired) electrons. The zero-order chi connectivity index (χ0) is 30.2. The number of aryl methyl sites for hydroxylation is 1. The van der Waals surface area contributed by atoms with Crippen LogP contribution in [0, 0.1) is 6.92 Å². The zero-order valence-electron chi connectivity index (χ0n) is 24.1. The van der Waals surface area contributed by atoms with Crippen LogP contribution in [0.4, 0.5) is 5.69 Å². The Labute approximate surface area is 248 Å². The average molecular weight is 600 g/mol. The zero-order valence-corrected chi connectivity index (χ0v) is 25.7. The van der Waals surface area contributed by atoms with Crippen LogP contribution in [0.25, 0.3) is 0 Å². The van der Waals surface area contributed by atoms with Gasteiger partial charge in [0.2, 0.25) is 11.8 Å². The predicted molar refractivity (Wildman–Crippen MR) is 163 cm³/mol. The SMILES string of the molecule is CCC(C)NC(=O)C(CC)N(Cc1cccc(C)c1)C(=O)CN(c1cccc(Cl)c1)S(=O)(=O)c1ccc(OC)cc1. The van der Waals surface area contributed by atoms with Crippen LogP contribution < -0.4 is 14.4 Å². The molecule has 0 heterocycles. The van der Waals surface area contributed by atoms with Gasteiger partial charge in [0.1, 0.15) is 18.3 Å². The monoisotopic (exact) mass is 599 g/mol. The van der Waals surface area contributed by atoms with Gasteiger partial charge in [-0.3, -0.25) is 13.9 Å². The van der Waals surface area contributed by atoms with Crippen molar-refractivity contribution >= 4 is 39.1 Å². The molecule has 0 saturated carbocycles. The molecule has 2 amide bonds. The molecule has 0 aliphatic carbocycles. The van der Waals surface area contributed by atoms with Crippen LogP contribution in [0.2, 0.25) is 5.02 Å². The van der Waals surface area contributed by atoms with E-state index in [-0.39, 0.29) is 29.1 Å². The first-order valence-corrected chi connectivity index (χ1v) is 15.4. The number of sulfonamides is 1. The predicted octanol–water partition coefficient (Wildman–Crippen LogP) is 5.57. The van der Waals surface area contributed by atoms with Gasteiger partial charge < -0.3 is 15.0 Å². The van der Waals surface area contributed by atoms with Crippen molar-refractivity contribution in [3.05, 3.63) is 88.9 Å². The second kappa shape index (κ2) is 14.4. The highest BCUT2D eigenvalue weighted by molar-refractivity contribution is 7.92. The van der Waals surface area contributed by atoms with Crippen LogP contribution >= 0.6 is 11.6 Å². The number of nitrogens with zero attached hydrogens (tertiary/aromatic N) is 2. The summed E-state index contributed by atoms with van der Waals surface area (Å²) in [5, 5.41) is 3.30. The second-order valence-electron chi connectivity index (χ2n) is 9.92. The Morgan fingerprint density at radius 2 is 1.66 bits per heavy atom. The first-order valence-electron chi connectivity index (χ1n) is 13.6. The molecule has 10 heteroatoms. The molecule has 41 heavy (non-hydrogen) atoms. The summed E-state index contributed by atoms with van der Waals surface area (Å²) < 4.78 is 34.1. The molecule has 0 spiro atoms. The quantitative estimate of drug-likeness (QED) is 0.277.